The highest BCUT2D eigenvalue weighted by Crippen LogP contribution is 2.34. The van der Waals surface area contributed by atoms with E-state index in [-0.39, 0.29) is 17.5 Å². The summed E-state index contributed by atoms with van der Waals surface area (Å²) >= 11 is 0. The van der Waals surface area contributed by atoms with Gasteiger partial charge in [0.1, 0.15) is 11.4 Å². The summed E-state index contributed by atoms with van der Waals surface area (Å²) in [5.74, 6) is -0.0191. The van der Waals surface area contributed by atoms with Gasteiger partial charge in [0.15, 0.2) is 0 Å². The molecular weight excluding hydrogens is 388 g/mol. The van der Waals surface area contributed by atoms with Crippen LogP contribution < -0.4 is 15.0 Å². The van der Waals surface area contributed by atoms with Crippen LogP contribution in [0.2, 0.25) is 0 Å². The fourth-order valence-electron chi connectivity index (χ4n) is 3.47. The Morgan fingerprint density at radius 3 is 2.32 bits per heavy atom. The number of nitrogens with one attached hydrogen (secondary N) is 1. The van der Waals surface area contributed by atoms with E-state index in [0.29, 0.717) is 34.9 Å². The van der Waals surface area contributed by atoms with E-state index in [1.54, 1.807) is 12.1 Å². The minimum Gasteiger partial charge on any atom is -0.494 e. The summed E-state index contributed by atoms with van der Waals surface area (Å²) < 4.78 is 5.70. The third kappa shape index (κ3) is 4.21. The maximum Gasteiger partial charge on any atom is 0.282 e. The lowest BCUT2D eigenvalue weighted by molar-refractivity contribution is -0.120. The summed E-state index contributed by atoms with van der Waals surface area (Å²) in [6, 6.07) is 24.0. The molecular formula is C26H24N2O3. The Morgan fingerprint density at radius 1 is 0.871 bits per heavy atom. The van der Waals surface area contributed by atoms with Gasteiger partial charge in [0, 0.05) is 11.8 Å². The first-order valence-electron chi connectivity index (χ1n) is 10.3. The van der Waals surface area contributed by atoms with Crippen LogP contribution in [0, 0.1) is 6.92 Å². The number of nitrogens with zero attached hydrogens (tertiary/aromatic N) is 1. The number of hydrogen-bond donors (Lipinski definition) is 1. The van der Waals surface area contributed by atoms with E-state index < -0.39 is 0 Å². The largest absolute Gasteiger partial charge is 0.494 e. The molecule has 1 aliphatic heterocycles. The Morgan fingerprint density at radius 2 is 1.61 bits per heavy atom. The minimum absolute atomic E-state index is 0.254. The molecule has 2 amide bonds. The number of carbonyl (C=O) groups is 2. The van der Waals surface area contributed by atoms with Gasteiger partial charge >= 0.3 is 0 Å². The molecule has 1 aliphatic rings. The Balaban J connectivity index is 1.74. The van der Waals surface area contributed by atoms with E-state index in [1.165, 1.54) is 4.90 Å². The van der Waals surface area contributed by atoms with Gasteiger partial charge in [-0.3, -0.25) is 9.59 Å². The van der Waals surface area contributed by atoms with Crippen LogP contribution in [0.1, 0.15) is 24.5 Å². The van der Waals surface area contributed by atoms with Gasteiger partial charge in [-0.2, -0.15) is 0 Å². The molecule has 0 saturated heterocycles. The zero-order chi connectivity index (χ0) is 21.8. The second-order valence-corrected chi connectivity index (χ2v) is 7.40. The zero-order valence-electron chi connectivity index (χ0n) is 17.6. The van der Waals surface area contributed by atoms with Crippen molar-refractivity contribution in [2.24, 2.45) is 0 Å². The quantitative estimate of drug-likeness (QED) is 0.543. The molecule has 4 rings (SSSR count). The third-order valence-electron chi connectivity index (χ3n) is 5.01. The second-order valence-electron chi connectivity index (χ2n) is 7.40. The van der Waals surface area contributed by atoms with E-state index in [9.17, 15) is 9.59 Å². The molecule has 1 heterocycles. The first-order chi connectivity index (χ1) is 15.1. The first kappa shape index (κ1) is 20.4. The fraction of sp³-hybridized carbons (Fsp3) is 0.154. The van der Waals surface area contributed by atoms with Gasteiger partial charge in [-0.05, 0) is 43.2 Å². The monoisotopic (exact) mass is 412 g/mol. The summed E-state index contributed by atoms with van der Waals surface area (Å²) in [6.45, 7) is 4.62. The molecule has 0 bridgehead atoms. The average Bonchev–Trinajstić information content (AvgIpc) is 3.03. The number of aryl methyl sites for hydroxylation is 1. The molecule has 0 radical (unpaired) electrons. The van der Waals surface area contributed by atoms with Crippen molar-refractivity contribution in [3.05, 3.63) is 95.7 Å². The normalized spacial score (nSPS) is 13.7. The summed E-state index contributed by atoms with van der Waals surface area (Å²) in [6.07, 6.45) is 0.902. The number of benzene rings is 3. The highest BCUT2D eigenvalue weighted by atomic mass is 16.5. The van der Waals surface area contributed by atoms with Gasteiger partial charge in [0.25, 0.3) is 11.8 Å². The Labute approximate surface area is 182 Å². The molecule has 0 fully saturated rings. The lowest BCUT2D eigenvalue weighted by Gasteiger charge is -2.15. The molecule has 31 heavy (non-hydrogen) atoms. The van der Waals surface area contributed by atoms with Crippen molar-refractivity contribution in [2.75, 3.05) is 16.8 Å². The van der Waals surface area contributed by atoms with Crippen molar-refractivity contribution < 1.29 is 14.3 Å². The molecule has 0 saturated carbocycles. The van der Waals surface area contributed by atoms with Gasteiger partial charge in [0.2, 0.25) is 0 Å². The minimum atomic E-state index is -0.382. The molecule has 0 atom stereocenters. The molecule has 3 aromatic carbocycles. The predicted octanol–water partition coefficient (Wildman–Crippen LogP) is 5.18. The first-order valence-corrected chi connectivity index (χ1v) is 10.3. The van der Waals surface area contributed by atoms with Gasteiger partial charge < -0.3 is 10.1 Å². The lowest BCUT2D eigenvalue weighted by Crippen LogP contribution is -2.32. The standard InChI is InChI=1S/C26H24N2O3/c1-3-16-31-22-11-7-10-20(17-22)27-24-23(19-8-5-4-6-9-19)25(29)28(26(24)30)21-14-12-18(2)13-15-21/h4-15,17,27H,3,16H2,1-2H3. The summed E-state index contributed by atoms with van der Waals surface area (Å²) in [5.41, 5.74) is 3.59. The molecule has 0 spiro atoms. The number of anilines is 2. The van der Waals surface area contributed by atoms with Gasteiger partial charge in [-0.15, -0.1) is 0 Å². The maximum atomic E-state index is 13.4. The van der Waals surface area contributed by atoms with E-state index >= 15 is 0 Å². The molecule has 0 aliphatic carbocycles. The molecule has 5 heteroatoms. The van der Waals surface area contributed by atoms with Crippen LogP contribution in [0.25, 0.3) is 5.57 Å². The zero-order valence-corrected chi connectivity index (χ0v) is 17.6. The van der Waals surface area contributed by atoms with Crippen molar-refractivity contribution in [1.29, 1.82) is 0 Å². The summed E-state index contributed by atoms with van der Waals surface area (Å²) in [4.78, 5) is 28.0. The van der Waals surface area contributed by atoms with Crippen LogP contribution in [0.5, 0.6) is 5.75 Å². The average molecular weight is 412 g/mol. The Bertz CT molecular complexity index is 1130. The van der Waals surface area contributed by atoms with Gasteiger partial charge in [-0.1, -0.05) is 61.0 Å². The van der Waals surface area contributed by atoms with E-state index in [1.807, 2.05) is 80.6 Å². The van der Waals surface area contributed by atoms with Crippen molar-refractivity contribution in [1.82, 2.24) is 0 Å². The van der Waals surface area contributed by atoms with E-state index in [4.69, 9.17) is 4.74 Å². The van der Waals surface area contributed by atoms with Crippen molar-refractivity contribution in [3.8, 4) is 5.75 Å². The Kier molecular flexibility index (Phi) is 5.85. The SMILES string of the molecule is CCCOc1cccc(NC2=C(c3ccccc3)C(=O)N(c3ccc(C)cc3)C2=O)c1. The van der Waals surface area contributed by atoms with Crippen molar-refractivity contribution in [2.45, 2.75) is 20.3 Å². The number of amides is 2. The van der Waals surface area contributed by atoms with Crippen LogP contribution in [0.3, 0.4) is 0 Å². The summed E-state index contributed by atoms with van der Waals surface area (Å²) in [5, 5.41) is 3.19. The van der Waals surface area contributed by atoms with E-state index in [0.717, 1.165) is 12.0 Å². The van der Waals surface area contributed by atoms with Crippen molar-refractivity contribution in [3.63, 3.8) is 0 Å². The van der Waals surface area contributed by atoms with Crippen LogP contribution in [0.15, 0.2) is 84.6 Å². The molecule has 156 valence electrons. The van der Waals surface area contributed by atoms with Gasteiger partial charge in [-0.25, -0.2) is 4.90 Å². The Hall–Kier alpha value is -3.86. The highest BCUT2D eigenvalue weighted by Gasteiger charge is 2.40. The number of hydrogen-bond acceptors (Lipinski definition) is 4. The number of imide groups is 1. The molecule has 0 aromatic heterocycles. The van der Waals surface area contributed by atoms with Crippen LogP contribution in [-0.2, 0) is 9.59 Å². The highest BCUT2D eigenvalue weighted by molar-refractivity contribution is 6.46. The fourth-order valence-corrected chi connectivity index (χ4v) is 3.47. The maximum absolute atomic E-state index is 13.4. The topological polar surface area (TPSA) is 58.6 Å². The number of ether oxygens (including phenoxy) is 1. The summed E-state index contributed by atoms with van der Waals surface area (Å²) in [7, 11) is 0. The number of rotatable bonds is 7. The van der Waals surface area contributed by atoms with Crippen LogP contribution in [0.4, 0.5) is 11.4 Å². The van der Waals surface area contributed by atoms with Crippen LogP contribution in [-0.4, -0.2) is 18.4 Å². The van der Waals surface area contributed by atoms with Gasteiger partial charge in [0.05, 0.1) is 17.9 Å². The van der Waals surface area contributed by atoms with Crippen LogP contribution >= 0.6 is 0 Å². The molecule has 0 unspecified atom stereocenters. The van der Waals surface area contributed by atoms with E-state index in [2.05, 4.69) is 5.32 Å². The van der Waals surface area contributed by atoms with Crippen molar-refractivity contribution >= 4 is 28.8 Å². The smallest absolute Gasteiger partial charge is 0.282 e. The number of carbonyl (C=O) groups excluding carboxylic acids is 2. The predicted molar refractivity (Wildman–Crippen MR) is 123 cm³/mol. The third-order valence-corrected chi connectivity index (χ3v) is 5.01. The molecule has 1 N–H and O–H groups in total. The molecule has 3 aromatic rings. The molecule has 5 nitrogen and oxygen atoms in total. The second kappa shape index (κ2) is 8.88. The lowest BCUT2D eigenvalue weighted by atomic mass is 10.0.